The van der Waals surface area contributed by atoms with Gasteiger partial charge in [0.25, 0.3) is 0 Å². The molecule has 2 rings (SSSR count). The van der Waals surface area contributed by atoms with Crippen LogP contribution in [0.2, 0.25) is 0 Å². The third-order valence-corrected chi connectivity index (χ3v) is 3.69. The summed E-state index contributed by atoms with van der Waals surface area (Å²) in [5.74, 6) is 0.326. The summed E-state index contributed by atoms with van der Waals surface area (Å²) in [6, 6.07) is 6.18. The van der Waals surface area contributed by atoms with Gasteiger partial charge in [0.2, 0.25) is 0 Å². The lowest BCUT2D eigenvalue weighted by Crippen LogP contribution is -2.25. The molecule has 0 bridgehead atoms. The molecule has 0 aliphatic rings. The average Bonchev–Trinajstić information content (AvgIpc) is 3.04. The summed E-state index contributed by atoms with van der Waals surface area (Å²) < 4.78 is 1.48. The molecule has 0 amide bonds. The van der Waals surface area contributed by atoms with E-state index in [1.807, 2.05) is 6.07 Å². The van der Waals surface area contributed by atoms with Gasteiger partial charge in [-0.05, 0) is 24.0 Å². The number of nitro groups is 1. The molecule has 0 aliphatic carbocycles. The van der Waals surface area contributed by atoms with Crippen LogP contribution in [0.4, 0.5) is 11.4 Å². The van der Waals surface area contributed by atoms with Crippen LogP contribution in [0.25, 0.3) is 0 Å². The Labute approximate surface area is 140 Å². The second kappa shape index (κ2) is 8.09. The Hall–Kier alpha value is -2.90. The highest BCUT2D eigenvalue weighted by Gasteiger charge is 2.09. The van der Waals surface area contributed by atoms with Crippen molar-refractivity contribution < 1.29 is 4.92 Å². The Kier molecular flexibility index (Phi) is 5.89. The predicted octanol–water partition coefficient (Wildman–Crippen LogP) is 2.34. The predicted molar refractivity (Wildman–Crippen MR) is 94.2 cm³/mol. The molecule has 24 heavy (non-hydrogen) atoms. The second-order valence-electron chi connectivity index (χ2n) is 5.27. The molecule has 0 saturated carbocycles. The van der Waals surface area contributed by atoms with Gasteiger partial charge in [0, 0.05) is 5.69 Å². The summed E-state index contributed by atoms with van der Waals surface area (Å²) in [5, 5.41) is 17.7. The number of rotatable bonds is 7. The van der Waals surface area contributed by atoms with Gasteiger partial charge in [0.05, 0.1) is 18.0 Å². The van der Waals surface area contributed by atoms with Crippen molar-refractivity contribution in [3.8, 4) is 0 Å². The number of aromatic nitrogens is 2. The lowest BCUT2D eigenvalue weighted by Gasteiger charge is -2.14. The highest BCUT2D eigenvalue weighted by Crippen LogP contribution is 2.22. The first kappa shape index (κ1) is 17.5. The first-order chi connectivity index (χ1) is 11.5. The third kappa shape index (κ3) is 4.31. The lowest BCUT2D eigenvalue weighted by molar-refractivity contribution is -0.385. The molecule has 0 fully saturated rings. The van der Waals surface area contributed by atoms with Crippen LogP contribution in [0.3, 0.4) is 0 Å². The quantitative estimate of drug-likeness (QED) is 0.350. The van der Waals surface area contributed by atoms with Gasteiger partial charge in [-0.1, -0.05) is 32.0 Å². The Morgan fingerprint density at radius 1 is 1.38 bits per heavy atom. The van der Waals surface area contributed by atoms with Crippen molar-refractivity contribution >= 4 is 17.3 Å². The molecule has 3 N–H and O–H groups in total. The largest absolute Gasteiger partial charge is 0.370 e. The molecule has 1 aromatic heterocycles. The molecular weight excluding hydrogens is 308 g/mol. The van der Waals surface area contributed by atoms with Crippen LogP contribution >= 0.6 is 0 Å². The number of nitrogens with one attached hydrogen (secondary N) is 1. The van der Waals surface area contributed by atoms with Gasteiger partial charge in [0.1, 0.15) is 12.4 Å². The van der Waals surface area contributed by atoms with Crippen LogP contribution in [-0.4, -0.2) is 27.2 Å². The van der Waals surface area contributed by atoms with E-state index < -0.39 is 4.92 Å². The fraction of sp³-hybridized carbons (Fsp3) is 0.375. The number of hydrogen-bond acceptors (Lipinski definition) is 4. The van der Waals surface area contributed by atoms with E-state index in [0.717, 1.165) is 18.5 Å². The molecule has 8 heteroatoms. The maximum Gasteiger partial charge on any atom is 0.306 e. The van der Waals surface area contributed by atoms with Gasteiger partial charge in [-0.2, -0.15) is 5.10 Å². The van der Waals surface area contributed by atoms with Crippen LogP contribution in [-0.2, 0) is 19.4 Å². The summed E-state index contributed by atoms with van der Waals surface area (Å²) in [4.78, 5) is 14.4. The third-order valence-electron chi connectivity index (χ3n) is 3.69. The van der Waals surface area contributed by atoms with Crippen molar-refractivity contribution in [1.82, 2.24) is 9.78 Å². The van der Waals surface area contributed by atoms with Gasteiger partial charge in [0.15, 0.2) is 5.96 Å². The number of hydrogen-bond donors (Lipinski definition) is 2. The Morgan fingerprint density at radius 2 is 2.04 bits per heavy atom. The van der Waals surface area contributed by atoms with Crippen LogP contribution in [0, 0.1) is 10.1 Å². The van der Waals surface area contributed by atoms with Crippen molar-refractivity contribution in [3.63, 3.8) is 0 Å². The van der Waals surface area contributed by atoms with E-state index in [1.165, 1.54) is 28.2 Å². The van der Waals surface area contributed by atoms with E-state index in [1.54, 1.807) is 0 Å². The lowest BCUT2D eigenvalue weighted by atomic mass is 10.0. The van der Waals surface area contributed by atoms with Crippen molar-refractivity contribution in [2.75, 3.05) is 11.9 Å². The van der Waals surface area contributed by atoms with Crippen molar-refractivity contribution in [2.45, 2.75) is 33.2 Å². The molecule has 0 atom stereocenters. The normalized spacial score (nSPS) is 11.5. The minimum absolute atomic E-state index is 0.0328. The van der Waals surface area contributed by atoms with Crippen LogP contribution in [0.1, 0.15) is 25.0 Å². The molecule has 1 aromatic carbocycles. The first-order valence-corrected chi connectivity index (χ1v) is 7.89. The zero-order valence-corrected chi connectivity index (χ0v) is 13.9. The Balaban J connectivity index is 2.00. The maximum atomic E-state index is 10.6. The molecule has 1 heterocycles. The molecule has 0 spiro atoms. The number of nitrogens with two attached hydrogens (primary N) is 1. The molecule has 0 radical (unpaired) electrons. The highest BCUT2D eigenvalue weighted by atomic mass is 16.6. The Bertz CT molecular complexity index is 716. The van der Waals surface area contributed by atoms with Crippen molar-refractivity contribution in [3.05, 3.63) is 51.8 Å². The van der Waals surface area contributed by atoms with Crippen molar-refractivity contribution in [1.29, 1.82) is 0 Å². The highest BCUT2D eigenvalue weighted by molar-refractivity contribution is 5.93. The first-order valence-electron chi connectivity index (χ1n) is 7.89. The smallest absolute Gasteiger partial charge is 0.306 e. The maximum absolute atomic E-state index is 10.6. The molecule has 2 aromatic rings. The fourth-order valence-corrected chi connectivity index (χ4v) is 2.41. The average molecular weight is 330 g/mol. The number of anilines is 1. The van der Waals surface area contributed by atoms with Gasteiger partial charge in [-0.15, -0.1) is 0 Å². The number of aryl methyl sites for hydroxylation is 2. The minimum atomic E-state index is -0.476. The summed E-state index contributed by atoms with van der Waals surface area (Å²) in [5.41, 5.74) is 9.33. The summed E-state index contributed by atoms with van der Waals surface area (Å²) in [6.45, 7) is 5.00. The van der Waals surface area contributed by atoms with Crippen LogP contribution in [0.15, 0.2) is 35.6 Å². The van der Waals surface area contributed by atoms with Gasteiger partial charge >= 0.3 is 5.69 Å². The monoisotopic (exact) mass is 330 g/mol. The van der Waals surface area contributed by atoms with E-state index in [0.29, 0.717) is 19.0 Å². The number of guanidine groups is 1. The molecule has 0 saturated heterocycles. The van der Waals surface area contributed by atoms with Crippen LogP contribution in [0.5, 0.6) is 0 Å². The zero-order valence-electron chi connectivity index (χ0n) is 13.9. The zero-order chi connectivity index (χ0) is 17.5. The van der Waals surface area contributed by atoms with Crippen molar-refractivity contribution in [2.24, 2.45) is 10.7 Å². The van der Waals surface area contributed by atoms with E-state index in [9.17, 15) is 10.1 Å². The number of benzene rings is 1. The number of nitrogens with zero attached hydrogens (tertiary/aromatic N) is 4. The topological polar surface area (TPSA) is 111 Å². The summed E-state index contributed by atoms with van der Waals surface area (Å²) in [6.07, 6.45) is 4.40. The molecular formula is C16H22N6O2. The number of aliphatic imine (C=N–C) groups is 1. The van der Waals surface area contributed by atoms with E-state index in [-0.39, 0.29) is 5.69 Å². The SMILES string of the molecule is CCc1cccc(CC)c1NC(N)=NCCn1cc([N+](=O)[O-])cn1. The molecule has 8 nitrogen and oxygen atoms in total. The fourth-order valence-electron chi connectivity index (χ4n) is 2.41. The van der Waals surface area contributed by atoms with E-state index in [4.69, 9.17) is 5.73 Å². The molecule has 128 valence electrons. The molecule has 0 unspecified atom stereocenters. The minimum Gasteiger partial charge on any atom is -0.370 e. The summed E-state index contributed by atoms with van der Waals surface area (Å²) in [7, 11) is 0. The van der Waals surface area contributed by atoms with Gasteiger partial charge < -0.3 is 11.1 Å². The Morgan fingerprint density at radius 3 is 2.58 bits per heavy atom. The standard InChI is InChI=1S/C16H22N6O2/c1-3-12-6-5-7-13(4-2)15(12)20-16(17)18-8-9-21-11-14(10-19-21)22(23)24/h5-7,10-11H,3-4,8-9H2,1-2H3,(H3,17,18,20). The summed E-state index contributed by atoms with van der Waals surface area (Å²) >= 11 is 0. The van der Waals surface area contributed by atoms with Crippen LogP contribution < -0.4 is 11.1 Å². The van der Waals surface area contributed by atoms with E-state index in [2.05, 4.69) is 41.4 Å². The van der Waals surface area contributed by atoms with Gasteiger partial charge in [-0.25, -0.2) is 0 Å². The van der Waals surface area contributed by atoms with Gasteiger partial charge in [-0.3, -0.25) is 19.8 Å². The van der Waals surface area contributed by atoms with E-state index >= 15 is 0 Å². The number of para-hydroxylation sites is 1. The molecule has 0 aliphatic heterocycles. The second-order valence-corrected chi connectivity index (χ2v) is 5.27.